The average Bonchev–Trinajstić information content (AvgIpc) is 2.65. The minimum Gasteiger partial charge on any atom is -0.486 e. The van der Waals surface area contributed by atoms with Gasteiger partial charge in [-0.25, -0.2) is 4.39 Å². The van der Waals surface area contributed by atoms with Crippen molar-refractivity contribution in [1.29, 1.82) is 0 Å². The van der Waals surface area contributed by atoms with Crippen LogP contribution in [-0.2, 0) is 0 Å². The number of amides is 1. The van der Waals surface area contributed by atoms with Crippen LogP contribution in [0.4, 0.5) is 10.1 Å². The predicted molar refractivity (Wildman–Crippen MR) is 104 cm³/mol. The van der Waals surface area contributed by atoms with Gasteiger partial charge in [0, 0.05) is 22.7 Å². The van der Waals surface area contributed by atoms with Gasteiger partial charge >= 0.3 is 0 Å². The van der Waals surface area contributed by atoms with E-state index in [0.717, 1.165) is 0 Å². The summed E-state index contributed by atoms with van der Waals surface area (Å²) in [6, 6.07) is 9.15. The second kappa shape index (κ2) is 7.91. The van der Waals surface area contributed by atoms with Crippen LogP contribution in [0.3, 0.4) is 0 Å². The number of ether oxygens (including phenoxy) is 2. The molecule has 0 aromatic heterocycles. The Morgan fingerprint density at radius 3 is 2.71 bits per heavy atom. The lowest BCUT2D eigenvalue weighted by molar-refractivity contribution is 0.0457. The lowest BCUT2D eigenvalue weighted by Crippen LogP contribution is -2.32. The molecule has 1 atom stereocenters. The van der Waals surface area contributed by atoms with Gasteiger partial charge in [-0.2, -0.15) is 0 Å². The van der Waals surface area contributed by atoms with E-state index >= 15 is 0 Å². The summed E-state index contributed by atoms with van der Waals surface area (Å²) in [6.07, 6.45) is -0.415. The number of hydrogen-bond acceptors (Lipinski definition) is 4. The number of aliphatic hydroxyl groups excluding tert-OH is 1. The molecule has 0 radical (unpaired) electrons. The number of nitrogens with one attached hydrogen (secondary N) is 1. The van der Waals surface area contributed by atoms with Gasteiger partial charge in [-0.15, -0.1) is 0 Å². The molecule has 0 aliphatic carbocycles. The largest absolute Gasteiger partial charge is 0.486 e. The van der Waals surface area contributed by atoms with Crippen molar-refractivity contribution < 1.29 is 23.8 Å². The summed E-state index contributed by atoms with van der Waals surface area (Å²) in [4.78, 5) is 12.4. The Morgan fingerprint density at radius 1 is 1.25 bits per heavy atom. The molecule has 0 spiro atoms. The second-order valence-corrected chi connectivity index (χ2v) is 7.54. The third-order valence-corrected chi connectivity index (χ3v) is 3.92. The lowest BCUT2D eigenvalue weighted by Gasteiger charge is -2.25. The maximum Gasteiger partial charge on any atom is 0.258 e. The van der Waals surface area contributed by atoms with Crippen LogP contribution >= 0.6 is 0 Å². The molecule has 0 bridgehead atoms. The van der Waals surface area contributed by atoms with Gasteiger partial charge in [0.15, 0.2) is 17.6 Å². The van der Waals surface area contributed by atoms with E-state index < -0.39 is 17.8 Å². The summed E-state index contributed by atoms with van der Waals surface area (Å²) in [6.45, 7) is 5.97. The number of carbonyl (C=O) groups excluding carboxylic acids is 1. The van der Waals surface area contributed by atoms with Gasteiger partial charge in [-0.05, 0) is 51.1 Å². The normalized spacial score (nSPS) is 15.4. The molecule has 1 aliphatic rings. The SMILES string of the molecule is CC(C)(C)C#Cc1ccc(C(=O)Nc2ccc3c(c2)OCC(CO)O3)c(F)c1. The Labute approximate surface area is 163 Å². The van der Waals surface area contributed by atoms with Gasteiger partial charge in [0.1, 0.15) is 12.4 Å². The molecule has 28 heavy (non-hydrogen) atoms. The number of carbonyl (C=O) groups is 1. The Hall–Kier alpha value is -3.04. The number of benzene rings is 2. The Bertz CT molecular complexity index is 953. The highest BCUT2D eigenvalue weighted by Crippen LogP contribution is 2.34. The van der Waals surface area contributed by atoms with E-state index in [1.165, 1.54) is 12.1 Å². The van der Waals surface area contributed by atoms with Crippen molar-refractivity contribution in [3.63, 3.8) is 0 Å². The first-order valence-corrected chi connectivity index (χ1v) is 8.93. The smallest absolute Gasteiger partial charge is 0.258 e. The number of fused-ring (bicyclic) bond motifs is 1. The van der Waals surface area contributed by atoms with Crippen LogP contribution in [0.1, 0.15) is 36.7 Å². The van der Waals surface area contributed by atoms with E-state index in [1.54, 1.807) is 24.3 Å². The molecule has 0 saturated heterocycles. The topological polar surface area (TPSA) is 67.8 Å². The van der Waals surface area contributed by atoms with Crippen molar-refractivity contribution in [3.8, 4) is 23.3 Å². The van der Waals surface area contributed by atoms with E-state index in [-0.39, 0.29) is 24.2 Å². The van der Waals surface area contributed by atoms with E-state index in [1.807, 2.05) is 20.8 Å². The molecule has 6 heteroatoms. The van der Waals surface area contributed by atoms with Crippen molar-refractivity contribution in [1.82, 2.24) is 0 Å². The van der Waals surface area contributed by atoms with Gasteiger partial charge in [0.25, 0.3) is 5.91 Å². The van der Waals surface area contributed by atoms with Crippen molar-refractivity contribution in [3.05, 3.63) is 53.3 Å². The van der Waals surface area contributed by atoms with Gasteiger partial charge in [-0.3, -0.25) is 4.79 Å². The number of hydrogen-bond donors (Lipinski definition) is 2. The molecular weight excluding hydrogens is 361 g/mol. The number of anilines is 1. The summed E-state index contributed by atoms with van der Waals surface area (Å²) >= 11 is 0. The van der Waals surface area contributed by atoms with Crippen molar-refractivity contribution >= 4 is 11.6 Å². The average molecular weight is 383 g/mol. The fraction of sp³-hybridized carbons (Fsp3) is 0.318. The Balaban J connectivity index is 1.74. The zero-order chi connectivity index (χ0) is 20.3. The molecule has 1 aliphatic heterocycles. The minimum atomic E-state index is -0.637. The summed E-state index contributed by atoms with van der Waals surface area (Å²) in [5.74, 6) is 5.67. The van der Waals surface area contributed by atoms with Crippen LogP contribution in [0.15, 0.2) is 36.4 Å². The zero-order valence-corrected chi connectivity index (χ0v) is 16.0. The number of aliphatic hydroxyl groups is 1. The molecule has 0 saturated carbocycles. The Kier molecular flexibility index (Phi) is 5.57. The number of halogens is 1. The van der Waals surface area contributed by atoms with Gasteiger partial charge < -0.3 is 19.9 Å². The fourth-order valence-electron chi connectivity index (χ4n) is 2.52. The maximum absolute atomic E-state index is 14.4. The molecule has 5 nitrogen and oxygen atoms in total. The monoisotopic (exact) mass is 383 g/mol. The van der Waals surface area contributed by atoms with Crippen LogP contribution in [0.25, 0.3) is 0 Å². The highest BCUT2D eigenvalue weighted by Gasteiger charge is 2.21. The van der Waals surface area contributed by atoms with Crippen LogP contribution in [0.2, 0.25) is 0 Å². The third-order valence-electron chi connectivity index (χ3n) is 3.92. The third kappa shape index (κ3) is 4.81. The first-order chi connectivity index (χ1) is 13.2. The van der Waals surface area contributed by atoms with Gasteiger partial charge in [-0.1, -0.05) is 11.8 Å². The van der Waals surface area contributed by atoms with Crippen LogP contribution in [0.5, 0.6) is 11.5 Å². The van der Waals surface area contributed by atoms with Crippen molar-refractivity contribution in [2.24, 2.45) is 5.41 Å². The number of rotatable bonds is 3. The first kappa shape index (κ1) is 19.7. The summed E-state index contributed by atoms with van der Waals surface area (Å²) in [5.41, 5.74) is 0.700. The van der Waals surface area contributed by atoms with Gasteiger partial charge in [0.2, 0.25) is 0 Å². The van der Waals surface area contributed by atoms with Crippen LogP contribution in [-0.4, -0.2) is 30.3 Å². The molecule has 2 N–H and O–H groups in total. The highest BCUT2D eigenvalue weighted by atomic mass is 19.1. The molecule has 1 amide bonds. The molecule has 1 unspecified atom stereocenters. The maximum atomic E-state index is 14.4. The summed E-state index contributed by atoms with van der Waals surface area (Å²) in [7, 11) is 0. The molecule has 0 fully saturated rings. The molecule has 2 aromatic rings. The molecular formula is C22H22FNO4. The lowest BCUT2D eigenvalue weighted by atomic mass is 9.97. The van der Waals surface area contributed by atoms with E-state index in [0.29, 0.717) is 22.7 Å². The minimum absolute atomic E-state index is 0.0726. The van der Waals surface area contributed by atoms with E-state index in [4.69, 9.17) is 14.6 Å². The van der Waals surface area contributed by atoms with Crippen molar-refractivity contribution in [2.45, 2.75) is 26.9 Å². The predicted octanol–water partition coefficient (Wildman–Crippen LogP) is 3.61. The summed E-state index contributed by atoms with van der Waals surface area (Å²) < 4.78 is 25.4. The van der Waals surface area contributed by atoms with Gasteiger partial charge in [0.05, 0.1) is 12.2 Å². The second-order valence-electron chi connectivity index (χ2n) is 7.54. The molecule has 3 rings (SSSR count). The summed E-state index contributed by atoms with van der Waals surface area (Å²) in [5, 5.41) is 11.8. The quantitative estimate of drug-likeness (QED) is 0.795. The molecule has 146 valence electrons. The van der Waals surface area contributed by atoms with Crippen molar-refractivity contribution in [2.75, 3.05) is 18.5 Å². The van der Waals surface area contributed by atoms with Crippen LogP contribution < -0.4 is 14.8 Å². The standard InChI is InChI=1S/C22H22FNO4/c1-22(2,3)9-8-14-4-6-17(18(23)10-14)21(26)24-15-5-7-19-20(11-15)27-13-16(12-25)28-19/h4-7,10-11,16,25H,12-13H2,1-3H3,(H,24,26). The fourth-order valence-corrected chi connectivity index (χ4v) is 2.52. The van der Waals surface area contributed by atoms with Crippen LogP contribution in [0, 0.1) is 23.1 Å². The van der Waals surface area contributed by atoms with E-state index in [9.17, 15) is 9.18 Å². The Morgan fingerprint density at radius 2 is 2.04 bits per heavy atom. The zero-order valence-electron chi connectivity index (χ0n) is 16.0. The highest BCUT2D eigenvalue weighted by molar-refractivity contribution is 6.04. The molecule has 2 aromatic carbocycles. The first-order valence-electron chi connectivity index (χ1n) is 8.93. The molecule has 1 heterocycles. The van der Waals surface area contributed by atoms with E-state index in [2.05, 4.69) is 17.2 Å².